The highest BCUT2D eigenvalue weighted by Gasteiger charge is 2.20. The lowest BCUT2D eigenvalue weighted by atomic mass is 9.97. The average molecular weight is 436 g/mol. The topological polar surface area (TPSA) is 131 Å². The van der Waals surface area contributed by atoms with E-state index in [1.54, 1.807) is 18.2 Å². The number of anilines is 1. The highest BCUT2D eigenvalue weighted by atomic mass is 32.2. The Morgan fingerprint density at radius 1 is 1.13 bits per heavy atom. The molecule has 1 saturated carbocycles. The second kappa shape index (κ2) is 10.7. The second-order valence-corrected chi connectivity index (χ2v) is 10.1. The number of carbonyl (C=O) groups is 1. The number of sulfone groups is 1. The third kappa shape index (κ3) is 6.42. The maximum Gasteiger partial charge on any atom is 0.179 e. The summed E-state index contributed by atoms with van der Waals surface area (Å²) in [6.45, 7) is 0. The van der Waals surface area contributed by atoms with E-state index in [0.717, 1.165) is 17.1 Å². The fourth-order valence-corrected chi connectivity index (χ4v) is 5.21. The zero-order chi connectivity index (χ0) is 22.3. The maximum atomic E-state index is 12.6. The molecule has 3 rings (SSSR count). The van der Waals surface area contributed by atoms with Crippen LogP contribution in [0.4, 0.5) is 5.69 Å². The minimum absolute atomic E-state index is 0.184. The first-order valence-corrected chi connectivity index (χ1v) is 12.0. The molecule has 0 saturated heterocycles. The van der Waals surface area contributed by atoms with E-state index in [4.69, 9.17) is 5.73 Å². The molecule has 0 radical (unpaired) electrons. The van der Waals surface area contributed by atoms with E-state index in [9.17, 15) is 18.3 Å². The van der Waals surface area contributed by atoms with Gasteiger partial charge >= 0.3 is 0 Å². The van der Waals surface area contributed by atoms with Gasteiger partial charge in [-0.05, 0) is 44.2 Å². The number of fused-ring (bicyclic) bond motifs is 1. The number of quaternary nitrogens is 1. The van der Waals surface area contributed by atoms with Gasteiger partial charge in [0.25, 0.3) is 0 Å². The van der Waals surface area contributed by atoms with Crippen molar-refractivity contribution in [1.82, 2.24) is 0 Å². The Labute approximate surface area is 179 Å². The third-order valence-corrected chi connectivity index (χ3v) is 7.20. The van der Waals surface area contributed by atoms with Crippen LogP contribution in [0.5, 0.6) is 0 Å². The minimum Gasteiger partial charge on any atom is -0.548 e. The fraction of sp³-hybridized carbons (Fsp3) is 0.500. The number of aliphatic carboxylic acids is 1. The van der Waals surface area contributed by atoms with Crippen LogP contribution in [0, 0.1) is 0 Å². The van der Waals surface area contributed by atoms with Gasteiger partial charge in [-0.1, -0.05) is 30.7 Å². The summed E-state index contributed by atoms with van der Waals surface area (Å²) < 4.78 is 25.1. The molecule has 2 aromatic carbocycles. The highest BCUT2D eigenvalue weighted by Crippen LogP contribution is 2.30. The van der Waals surface area contributed by atoms with Gasteiger partial charge in [-0.2, -0.15) is 0 Å². The van der Waals surface area contributed by atoms with Gasteiger partial charge in [-0.15, -0.1) is 0 Å². The number of rotatable bonds is 6. The monoisotopic (exact) mass is 435 g/mol. The minimum atomic E-state index is -3.65. The van der Waals surface area contributed by atoms with Crippen molar-refractivity contribution in [2.75, 3.05) is 24.7 Å². The van der Waals surface area contributed by atoms with Gasteiger partial charge in [0.15, 0.2) is 9.84 Å². The molecule has 1 unspecified atom stereocenters. The van der Waals surface area contributed by atoms with Crippen molar-refractivity contribution in [2.45, 2.75) is 55.5 Å². The first kappa shape index (κ1) is 24.1. The molecule has 0 spiro atoms. The van der Waals surface area contributed by atoms with Gasteiger partial charge in [0.2, 0.25) is 0 Å². The van der Waals surface area contributed by atoms with Crippen molar-refractivity contribution in [3.05, 3.63) is 36.4 Å². The van der Waals surface area contributed by atoms with Crippen molar-refractivity contribution < 1.29 is 24.1 Å². The maximum absolute atomic E-state index is 12.6. The normalized spacial score (nSPS) is 15.9. The lowest BCUT2D eigenvalue weighted by Gasteiger charge is -2.17. The Morgan fingerprint density at radius 2 is 1.73 bits per heavy atom. The molecule has 0 bridgehead atoms. The lowest BCUT2D eigenvalue weighted by molar-refractivity contribution is -0.425. The summed E-state index contributed by atoms with van der Waals surface area (Å²) in [5, 5.41) is 12.1. The van der Waals surface area contributed by atoms with E-state index >= 15 is 0 Å². The zero-order valence-corrected chi connectivity index (χ0v) is 18.7. The Hall–Kier alpha value is -2.16. The number of nitrogens with zero attached hydrogens (tertiary/aromatic N) is 1. The van der Waals surface area contributed by atoms with Crippen LogP contribution in [0.3, 0.4) is 0 Å². The molecule has 166 valence electrons. The van der Waals surface area contributed by atoms with Crippen molar-refractivity contribution in [1.29, 1.82) is 0 Å². The van der Waals surface area contributed by atoms with Crippen LogP contribution < -0.4 is 21.5 Å². The summed E-state index contributed by atoms with van der Waals surface area (Å²) in [6.07, 6.45) is 6.86. The van der Waals surface area contributed by atoms with Gasteiger partial charge in [0.05, 0.1) is 22.7 Å². The first-order valence-electron chi connectivity index (χ1n) is 10.3. The number of hydrogen-bond donors (Lipinski definition) is 2. The lowest BCUT2D eigenvalue weighted by Crippen LogP contribution is -2.61. The van der Waals surface area contributed by atoms with Gasteiger partial charge in [0.1, 0.15) is 0 Å². The van der Waals surface area contributed by atoms with Crippen LogP contribution in [0.25, 0.3) is 10.8 Å². The Kier molecular flexibility index (Phi) is 8.64. The first-order chi connectivity index (χ1) is 14.1. The number of carbonyl (C=O) groups excluding carboxylic acids is 1. The van der Waals surface area contributed by atoms with Crippen LogP contribution in [0.15, 0.2) is 41.3 Å². The number of carboxylic acids is 1. The summed E-state index contributed by atoms with van der Waals surface area (Å²) in [4.78, 5) is 12.7. The van der Waals surface area contributed by atoms with Crippen LogP contribution in [0.2, 0.25) is 0 Å². The molecule has 0 aromatic heterocycles. The average Bonchev–Trinajstić information content (AvgIpc) is 2.72. The molecule has 30 heavy (non-hydrogen) atoms. The van der Waals surface area contributed by atoms with Crippen molar-refractivity contribution >= 4 is 32.3 Å². The molecule has 7 nitrogen and oxygen atoms in total. The molecule has 1 fully saturated rings. The Morgan fingerprint density at radius 3 is 2.27 bits per heavy atom. The summed E-state index contributed by atoms with van der Waals surface area (Å²) in [5.41, 5.74) is 10.3. The fourth-order valence-electron chi connectivity index (χ4n) is 3.62. The van der Waals surface area contributed by atoms with Crippen LogP contribution >= 0.6 is 0 Å². The SMILES string of the molecule is CN(C)c1cccc2c(S(=O)(=O)CCC(N)C(=O)[O-])cccc12.[NH3+]C1CCCCC1. The van der Waals surface area contributed by atoms with Crippen molar-refractivity contribution in [2.24, 2.45) is 5.73 Å². The summed E-state index contributed by atoms with van der Waals surface area (Å²) in [6, 6.07) is 10.0. The molecular weight excluding hydrogens is 402 g/mol. The molecule has 2 aromatic rings. The number of nitrogens with two attached hydrogens (primary N) is 1. The highest BCUT2D eigenvalue weighted by molar-refractivity contribution is 7.91. The van der Waals surface area contributed by atoms with Crippen LogP contribution in [0.1, 0.15) is 38.5 Å². The molecule has 5 N–H and O–H groups in total. The Bertz CT molecular complexity index is 954. The molecule has 1 atom stereocenters. The molecular formula is C22H33N3O4S. The van der Waals surface area contributed by atoms with Crippen molar-refractivity contribution in [3.8, 4) is 0 Å². The summed E-state index contributed by atoms with van der Waals surface area (Å²) in [7, 11) is 0.120. The molecule has 1 aliphatic rings. The van der Waals surface area contributed by atoms with E-state index < -0.39 is 21.8 Å². The quantitative estimate of drug-likeness (QED) is 0.687. The zero-order valence-electron chi connectivity index (χ0n) is 17.8. The summed E-state index contributed by atoms with van der Waals surface area (Å²) in [5.74, 6) is -1.79. The van der Waals surface area contributed by atoms with Crippen molar-refractivity contribution in [3.63, 3.8) is 0 Å². The van der Waals surface area contributed by atoms with E-state index in [-0.39, 0.29) is 17.1 Å². The molecule has 1 aliphatic carbocycles. The predicted molar refractivity (Wildman–Crippen MR) is 118 cm³/mol. The van der Waals surface area contributed by atoms with Gasteiger partial charge < -0.3 is 26.3 Å². The largest absolute Gasteiger partial charge is 0.548 e. The molecule has 8 heteroatoms. The van der Waals surface area contributed by atoms with E-state index in [2.05, 4.69) is 5.73 Å². The predicted octanol–water partition coefficient (Wildman–Crippen LogP) is 0.708. The molecule has 0 heterocycles. The number of benzene rings is 2. The van der Waals surface area contributed by atoms with Crippen LogP contribution in [-0.2, 0) is 14.6 Å². The number of hydrogen-bond acceptors (Lipinski definition) is 6. The van der Waals surface area contributed by atoms with Gasteiger partial charge in [-0.25, -0.2) is 8.42 Å². The van der Waals surface area contributed by atoms with Crippen LogP contribution in [-0.4, -0.2) is 46.3 Å². The van der Waals surface area contributed by atoms with E-state index in [0.29, 0.717) is 5.39 Å². The summed E-state index contributed by atoms with van der Waals surface area (Å²) >= 11 is 0. The Balaban J connectivity index is 0.000000386. The van der Waals surface area contributed by atoms with E-state index in [1.165, 1.54) is 38.2 Å². The standard InChI is InChI=1S/C16H20N2O4S.C6H13N/c1-18(2)14-7-3-6-12-11(14)5-4-8-15(12)23(21,22)10-9-13(17)16(19)20;7-6-4-2-1-3-5-6/h3-8,13H,9-10,17H2,1-2H3,(H,19,20);6H,1-5,7H2. The second-order valence-electron chi connectivity index (χ2n) is 8.06. The number of carboxylic acid groups (broad SMARTS) is 1. The molecule has 0 aliphatic heterocycles. The van der Waals surface area contributed by atoms with Gasteiger partial charge in [0, 0.05) is 36.6 Å². The van der Waals surface area contributed by atoms with Gasteiger partial charge in [-0.3, -0.25) is 0 Å². The third-order valence-electron chi connectivity index (χ3n) is 5.40. The smallest absolute Gasteiger partial charge is 0.179 e. The molecule has 0 amide bonds. The van der Waals surface area contributed by atoms with E-state index in [1.807, 2.05) is 31.1 Å².